The summed E-state index contributed by atoms with van der Waals surface area (Å²) < 4.78 is 5.61. The summed E-state index contributed by atoms with van der Waals surface area (Å²) in [6.45, 7) is 7.02. The Bertz CT molecular complexity index is 502. The van der Waals surface area contributed by atoms with Crippen LogP contribution in [0.4, 0.5) is 5.69 Å². The van der Waals surface area contributed by atoms with Gasteiger partial charge in [0.05, 0.1) is 6.10 Å². The molecule has 0 radical (unpaired) electrons. The monoisotopic (exact) mass is 377 g/mol. The molecule has 3 N–H and O–H groups in total. The van der Waals surface area contributed by atoms with Gasteiger partial charge in [0, 0.05) is 31.9 Å². The number of hydrogen-bond acceptors (Lipinski definition) is 4. The highest BCUT2D eigenvalue weighted by atomic mass is 35.5. The number of halogens is 2. The SMILES string of the molecule is CCN(CCNC(=O)[C@@H]1CC[C@H](CN)O1)c1cccc(C)c1.Cl.Cl. The molecule has 0 bridgehead atoms. The van der Waals surface area contributed by atoms with Gasteiger partial charge in [-0.15, -0.1) is 24.8 Å². The summed E-state index contributed by atoms with van der Waals surface area (Å²) in [6, 6.07) is 8.41. The Morgan fingerprint density at radius 1 is 1.38 bits per heavy atom. The van der Waals surface area contributed by atoms with Crippen molar-refractivity contribution in [3.8, 4) is 0 Å². The number of carbonyl (C=O) groups excluding carboxylic acids is 1. The molecule has 0 aliphatic carbocycles. The van der Waals surface area contributed by atoms with E-state index >= 15 is 0 Å². The first-order valence-electron chi connectivity index (χ1n) is 8.09. The summed E-state index contributed by atoms with van der Waals surface area (Å²) in [5, 5.41) is 2.97. The fourth-order valence-electron chi connectivity index (χ4n) is 2.79. The molecule has 1 aliphatic heterocycles. The van der Waals surface area contributed by atoms with Gasteiger partial charge in [-0.3, -0.25) is 4.79 Å². The zero-order chi connectivity index (χ0) is 15.9. The van der Waals surface area contributed by atoms with Gasteiger partial charge in [-0.05, 0) is 44.4 Å². The predicted molar refractivity (Wildman–Crippen MR) is 104 cm³/mol. The average molecular weight is 378 g/mol. The molecular weight excluding hydrogens is 349 g/mol. The number of nitrogens with one attached hydrogen (secondary N) is 1. The normalized spacial score (nSPS) is 19.1. The molecular formula is C17H29Cl2N3O2. The van der Waals surface area contributed by atoms with Crippen LogP contribution in [0.15, 0.2) is 24.3 Å². The topological polar surface area (TPSA) is 67.6 Å². The molecule has 1 saturated heterocycles. The van der Waals surface area contributed by atoms with Crippen molar-refractivity contribution in [1.29, 1.82) is 0 Å². The number of aryl methyl sites for hydroxylation is 1. The van der Waals surface area contributed by atoms with Crippen molar-refractivity contribution < 1.29 is 9.53 Å². The van der Waals surface area contributed by atoms with Gasteiger partial charge < -0.3 is 20.7 Å². The van der Waals surface area contributed by atoms with Crippen LogP contribution in [-0.4, -0.2) is 44.3 Å². The van der Waals surface area contributed by atoms with Crippen LogP contribution in [0.3, 0.4) is 0 Å². The number of nitrogens with two attached hydrogens (primary N) is 1. The third kappa shape index (κ3) is 6.48. The van der Waals surface area contributed by atoms with Crippen molar-refractivity contribution in [2.24, 2.45) is 5.73 Å². The molecule has 0 unspecified atom stereocenters. The van der Waals surface area contributed by atoms with E-state index in [1.54, 1.807) is 0 Å². The maximum Gasteiger partial charge on any atom is 0.249 e. The van der Waals surface area contributed by atoms with E-state index in [4.69, 9.17) is 10.5 Å². The van der Waals surface area contributed by atoms with Gasteiger partial charge in [0.25, 0.3) is 0 Å². The summed E-state index contributed by atoms with van der Waals surface area (Å²) in [4.78, 5) is 14.3. The molecule has 0 saturated carbocycles. The number of rotatable bonds is 7. The molecule has 0 aromatic heterocycles. The molecule has 1 amide bonds. The smallest absolute Gasteiger partial charge is 0.249 e. The van der Waals surface area contributed by atoms with Crippen LogP contribution < -0.4 is 16.0 Å². The van der Waals surface area contributed by atoms with Gasteiger partial charge in [0.15, 0.2) is 0 Å². The first-order valence-corrected chi connectivity index (χ1v) is 8.09. The highest BCUT2D eigenvalue weighted by molar-refractivity contribution is 5.85. The third-order valence-corrected chi connectivity index (χ3v) is 4.09. The summed E-state index contributed by atoms with van der Waals surface area (Å²) in [5.74, 6) is -0.0174. The van der Waals surface area contributed by atoms with Gasteiger partial charge in [0.1, 0.15) is 6.10 Å². The first-order chi connectivity index (χ1) is 10.6. The largest absolute Gasteiger partial charge is 0.370 e. The Morgan fingerprint density at radius 3 is 2.71 bits per heavy atom. The molecule has 24 heavy (non-hydrogen) atoms. The molecule has 2 rings (SSSR count). The highest BCUT2D eigenvalue weighted by Crippen LogP contribution is 2.19. The second-order valence-electron chi connectivity index (χ2n) is 5.77. The number of likely N-dealkylation sites (N-methyl/N-ethyl adjacent to an activating group) is 1. The van der Waals surface area contributed by atoms with Gasteiger partial charge in [0.2, 0.25) is 5.91 Å². The quantitative estimate of drug-likeness (QED) is 0.764. The lowest BCUT2D eigenvalue weighted by atomic mass is 10.2. The van der Waals surface area contributed by atoms with Crippen LogP contribution in [0.2, 0.25) is 0 Å². The number of carbonyl (C=O) groups is 1. The Labute approximate surface area is 157 Å². The average Bonchev–Trinajstić information content (AvgIpc) is 3.00. The second kappa shape index (κ2) is 11.5. The molecule has 1 heterocycles. The molecule has 1 fully saturated rings. The summed E-state index contributed by atoms with van der Waals surface area (Å²) in [5.41, 5.74) is 8.00. The van der Waals surface area contributed by atoms with E-state index in [-0.39, 0.29) is 42.9 Å². The van der Waals surface area contributed by atoms with Crippen LogP contribution >= 0.6 is 24.8 Å². The number of anilines is 1. The highest BCUT2D eigenvalue weighted by Gasteiger charge is 2.29. The van der Waals surface area contributed by atoms with Gasteiger partial charge in [-0.25, -0.2) is 0 Å². The van der Waals surface area contributed by atoms with Crippen LogP contribution in [0.1, 0.15) is 25.3 Å². The first kappa shape index (κ1) is 23.0. The van der Waals surface area contributed by atoms with Gasteiger partial charge in [-0.2, -0.15) is 0 Å². The van der Waals surface area contributed by atoms with Crippen molar-refractivity contribution in [2.45, 2.75) is 38.9 Å². The molecule has 2 atom stereocenters. The molecule has 1 aromatic carbocycles. The van der Waals surface area contributed by atoms with E-state index in [1.807, 2.05) is 0 Å². The maximum atomic E-state index is 12.1. The minimum atomic E-state index is -0.331. The van der Waals surface area contributed by atoms with E-state index < -0.39 is 0 Å². The van der Waals surface area contributed by atoms with E-state index in [9.17, 15) is 4.79 Å². The van der Waals surface area contributed by atoms with Gasteiger partial charge in [-0.1, -0.05) is 12.1 Å². The Morgan fingerprint density at radius 2 is 2.12 bits per heavy atom. The summed E-state index contributed by atoms with van der Waals surface area (Å²) in [7, 11) is 0. The number of benzene rings is 1. The zero-order valence-corrected chi connectivity index (χ0v) is 16.0. The van der Waals surface area contributed by atoms with Crippen molar-refractivity contribution in [3.05, 3.63) is 29.8 Å². The second-order valence-corrected chi connectivity index (χ2v) is 5.77. The van der Waals surface area contributed by atoms with Crippen molar-refractivity contribution in [2.75, 3.05) is 31.1 Å². The Hall–Kier alpha value is -1.01. The molecule has 1 aliphatic rings. The molecule has 7 heteroatoms. The van der Waals surface area contributed by atoms with Crippen LogP contribution in [0.25, 0.3) is 0 Å². The fraction of sp³-hybridized carbons (Fsp3) is 0.588. The fourth-order valence-corrected chi connectivity index (χ4v) is 2.79. The standard InChI is InChI=1S/C17H27N3O2.2ClH/c1-3-20(14-6-4-5-13(2)11-14)10-9-19-17(21)16-8-7-15(12-18)22-16;;/h4-6,11,15-16H,3,7-10,12,18H2,1-2H3,(H,19,21);2*1H/t15-,16+;;/m1../s1. The Kier molecular flexibility index (Phi) is 11.0. The van der Waals surface area contributed by atoms with Crippen molar-refractivity contribution >= 4 is 36.4 Å². The Balaban J connectivity index is 0.00000264. The minimum absolute atomic E-state index is 0. The zero-order valence-electron chi connectivity index (χ0n) is 14.4. The maximum absolute atomic E-state index is 12.1. The van der Waals surface area contributed by atoms with Crippen molar-refractivity contribution in [1.82, 2.24) is 5.32 Å². The van der Waals surface area contributed by atoms with Crippen LogP contribution in [0, 0.1) is 6.92 Å². The molecule has 138 valence electrons. The van der Waals surface area contributed by atoms with Gasteiger partial charge >= 0.3 is 0 Å². The van der Waals surface area contributed by atoms with Crippen LogP contribution in [0.5, 0.6) is 0 Å². The minimum Gasteiger partial charge on any atom is -0.370 e. The van der Waals surface area contributed by atoms with E-state index in [2.05, 4.69) is 48.3 Å². The van der Waals surface area contributed by atoms with Crippen molar-refractivity contribution in [3.63, 3.8) is 0 Å². The summed E-state index contributed by atoms with van der Waals surface area (Å²) >= 11 is 0. The number of hydrogen-bond donors (Lipinski definition) is 2. The summed E-state index contributed by atoms with van der Waals surface area (Å²) in [6.07, 6.45) is 1.35. The lowest BCUT2D eigenvalue weighted by molar-refractivity contribution is -0.131. The molecule has 0 spiro atoms. The number of ether oxygens (including phenoxy) is 1. The lowest BCUT2D eigenvalue weighted by Gasteiger charge is -2.24. The van der Waals surface area contributed by atoms with E-state index in [0.29, 0.717) is 13.1 Å². The third-order valence-electron chi connectivity index (χ3n) is 4.09. The lowest BCUT2D eigenvalue weighted by Crippen LogP contribution is -2.40. The number of amides is 1. The van der Waals surface area contributed by atoms with E-state index in [0.717, 1.165) is 25.9 Å². The predicted octanol–water partition coefficient (Wildman–Crippen LogP) is 2.29. The molecule has 5 nitrogen and oxygen atoms in total. The van der Waals surface area contributed by atoms with E-state index in [1.165, 1.54) is 11.3 Å². The van der Waals surface area contributed by atoms with Crippen LogP contribution in [-0.2, 0) is 9.53 Å². The number of nitrogens with zero attached hydrogens (tertiary/aromatic N) is 1. The molecule has 1 aromatic rings.